The van der Waals surface area contributed by atoms with Crippen LogP contribution in [0.1, 0.15) is 26.5 Å². The summed E-state index contributed by atoms with van der Waals surface area (Å²) in [5.74, 6) is 0.0804. The topological polar surface area (TPSA) is 32.9 Å². The lowest BCUT2D eigenvalue weighted by molar-refractivity contribution is 0.103. The van der Waals surface area contributed by atoms with Gasteiger partial charge in [0.2, 0.25) is 5.78 Å². The monoisotopic (exact) mass is 205 g/mol. The number of rotatable bonds is 2. The quantitative estimate of drug-likeness (QED) is 0.751. The molecule has 0 amide bonds. The van der Waals surface area contributed by atoms with Gasteiger partial charge in [0.25, 0.3) is 0 Å². The first-order valence-corrected chi connectivity index (χ1v) is 5.31. The summed E-state index contributed by atoms with van der Waals surface area (Å²) in [4.78, 5) is 16.1. The van der Waals surface area contributed by atoms with Crippen LogP contribution in [0, 0.1) is 13.8 Å². The Morgan fingerprint density at radius 3 is 2.71 bits per heavy atom. The molecule has 0 saturated heterocycles. The molecule has 2 rings (SSSR count). The summed E-state index contributed by atoms with van der Waals surface area (Å²) in [7, 11) is 0. The Kier molecular flexibility index (Phi) is 2.25. The predicted molar refractivity (Wildman–Crippen MR) is 58.0 cm³/mol. The maximum absolute atomic E-state index is 11.9. The highest BCUT2D eigenvalue weighted by atomic mass is 32.1. The van der Waals surface area contributed by atoms with Crippen molar-refractivity contribution in [2.24, 2.45) is 0 Å². The second-order valence-corrected chi connectivity index (χ2v) is 4.33. The third kappa shape index (κ3) is 1.40. The van der Waals surface area contributed by atoms with E-state index in [-0.39, 0.29) is 5.78 Å². The van der Waals surface area contributed by atoms with Crippen LogP contribution in [0.2, 0.25) is 0 Å². The Morgan fingerprint density at radius 1 is 1.43 bits per heavy atom. The zero-order valence-electron chi connectivity index (χ0n) is 8.13. The van der Waals surface area contributed by atoms with Crippen LogP contribution in [-0.4, -0.2) is 10.8 Å². The van der Waals surface area contributed by atoms with Crippen molar-refractivity contribution in [2.45, 2.75) is 13.8 Å². The smallest absolute Gasteiger partial charge is 0.210 e. The van der Waals surface area contributed by atoms with Crippen LogP contribution in [0.5, 0.6) is 0 Å². The number of nitrogens with one attached hydrogen (secondary N) is 1. The van der Waals surface area contributed by atoms with Crippen molar-refractivity contribution in [3.63, 3.8) is 0 Å². The SMILES string of the molecule is Cc1scc(C(=O)c2ccc[nH]2)c1C. The van der Waals surface area contributed by atoms with Gasteiger partial charge in [-0.25, -0.2) is 0 Å². The number of hydrogen-bond acceptors (Lipinski definition) is 2. The molecular weight excluding hydrogens is 194 g/mol. The van der Waals surface area contributed by atoms with E-state index < -0.39 is 0 Å². The summed E-state index contributed by atoms with van der Waals surface area (Å²) in [5, 5.41) is 1.92. The van der Waals surface area contributed by atoms with Gasteiger partial charge in [0.15, 0.2) is 0 Å². The molecule has 1 N–H and O–H groups in total. The number of aromatic nitrogens is 1. The summed E-state index contributed by atoms with van der Waals surface area (Å²) < 4.78 is 0. The van der Waals surface area contributed by atoms with Crippen LogP contribution < -0.4 is 0 Å². The van der Waals surface area contributed by atoms with Crippen LogP contribution >= 0.6 is 11.3 Å². The molecule has 0 aliphatic rings. The number of H-pyrrole nitrogens is 1. The van der Waals surface area contributed by atoms with Crippen molar-refractivity contribution < 1.29 is 4.79 Å². The molecule has 3 heteroatoms. The fourth-order valence-electron chi connectivity index (χ4n) is 1.35. The minimum absolute atomic E-state index is 0.0804. The number of ketones is 1. The molecule has 0 atom stereocenters. The van der Waals surface area contributed by atoms with Gasteiger partial charge in [-0.3, -0.25) is 4.79 Å². The molecule has 2 heterocycles. The highest BCUT2D eigenvalue weighted by molar-refractivity contribution is 7.10. The number of aryl methyl sites for hydroxylation is 1. The molecule has 2 aromatic rings. The first-order valence-electron chi connectivity index (χ1n) is 4.43. The summed E-state index contributed by atoms with van der Waals surface area (Å²) >= 11 is 1.62. The average molecular weight is 205 g/mol. The zero-order valence-corrected chi connectivity index (χ0v) is 8.94. The van der Waals surface area contributed by atoms with E-state index in [0.29, 0.717) is 5.69 Å². The molecule has 0 bridgehead atoms. The van der Waals surface area contributed by atoms with Crippen LogP contribution in [0.4, 0.5) is 0 Å². The Balaban J connectivity index is 2.42. The van der Waals surface area contributed by atoms with Gasteiger partial charge in [0.1, 0.15) is 0 Å². The second kappa shape index (κ2) is 3.42. The van der Waals surface area contributed by atoms with Crippen LogP contribution in [0.15, 0.2) is 23.7 Å². The first-order chi connectivity index (χ1) is 6.70. The van der Waals surface area contributed by atoms with Crippen LogP contribution in [0.3, 0.4) is 0 Å². The van der Waals surface area contributed by atoms with Crippen molar-refractivity contribution in [3.8, 4) is 0 Å². The lowest BCUT2D eigenvalue weighted by Crippen LogP contribution is -2.01. The summed E-state index contributed by atoms with van der Waals surface area (Å²) in [6, 6.07) is 3.64. The van der Waals surface area contributed by atoms with Crippen molar-refractivity contribution in [2.75, 3.05) is 0 Å². The zero-order chi connectivity index (χ0) is 10.1. The molecule has 0 aromatic carbocycles. The molecule has 0 spiro atoms. The third-order valence-corrected chi connectivity index (χ3v) is 3.39. The minimum Gasteiger partial charge on any atom is -0.359 e. The fraction of sp³-hybridized carbons (Fsp3) is 0.182. The van der Waals surface area contributed by atoms with Gasteiger partial charge >= 0.3 is 0 Å². The summed E-state index contributed by atoms with van der Waals surface area (Å²) in [6.45, 7) is 4.02. The molecule has 0 saturated carbocycles. The van der Waals surface area contributed by atoms with Gasteiger partial charge < -0.3 is 4.98 Å². The molecule has 0 aliphatic heterocycles. The molecule has 0 fully saturated rings. The van der Waals surface area contributed by atoms with E-state index in [1.54, 1.807) is 23.6 Å². The molecule has 72 valence electrons. The Morgan fingerprint density at radius 2 is 2.21 bits per heavy atom. The Bertz CT molecular complexity index is 454. The minimum atomic E-state index is 0.0804. The maximum Gasteiger partial charge on any atom is 0.210 e. The van der Waals surface area contributed by atoms with E-state index in [1.165, 1.54) is 4.88 Å². The van der Waals surface area contributed by atoms with E-state index in [9.17, 15) is 4.79 Å². The maximum atomic E-state index is 11.9. The molecule has 2 aromatic heterocycles. The molecule has 2 nitrogen and oxygen atoms in total. The van der Waals surface area contributed by atoms with E-state index in [4.69, 9.17) is 0 Å². The molecule has 0 aliphatic carbocycles. The van der Waals surface area contributed by atoms with Gasteiger partial charge in [-0.2, -0.15) is 0 Å². The van der Waals surface area contributed by atoms with Crippen molar-refractivity contribution in [3.05, 3.63) is 45.4 Å². The van der Waals surface area contributed by atoms with E-state index in [1.807, 2.05) is 25.3 Å². The number of carbonyl (C=O) groups excluding carboxylic acids is 1. The second-order valence-electron chi connectivity index (χ2n) is 3.24. The van der Waals surface area contributed by atoms with E-state index >= 15 is 0 Å². The normalized spacial score (nSPS) is 10.4. The van der Waals surface area contributed by atoms with Crippen LogP contribution in [0.25, 0.3) is 0 Å². The summed E-state index contributed by atoms with van der Waals surface area (Å²) in [6.07, 6.45) is 1.77. The standard InChI is InChI=1S/C11H11NOS/c1-7-8(2)14-6-9(7)11(13)10-4-3-5-12-10/h3-6,12H,1-2H3. The predicted octanol–water partition coefficient (Wildman–Crippen LogP) is 2.92. The Labute approximate surface area is 86.6 Å². The fourth-order valence-corrected chi connectivity index (χ4v) is 2.22. The molecule has 14 heavy (non-hydrogen) atoms. The van der Waals surface area contributed by atoms with Gasteiger partial charge in [-0.1, -0.05) is 0 Å². The molecule has 0 unspecified atom stereocenters. The van der Waals surface area contributed by atoms with Gasteiger partial charge in [-0.15, -0.1) is 11.3 Å². The highest BCUT2D eigenvalue weighted by Gasteiger charge is 2.14. The van der Waals surface area contributed by atoms with Gasteiger partial charge in [-0.05, 0) is 31.5 Å². The number of thiophene rings is 1. The number of aromatic amines is 1. The first kappa shape index (κ1) is 9.21. The average Bonchev–Trinajstić information content (AvgIpc) is 2.77. The highest BCUT2D eigenvalue weighted by Crippen LogP contribution is 2.22. The molecule has 0 radical (unpaired) electrons. The largest absolute Gasteiger partial charge is 0.359 e. The lowest BCUT2D eigenvalue weighted by atomic mass is 10.1. The van der Waals surface area contributed by atoms with Crippen molar-refractivity contribution in [1.82, 2.24) is 4.98 Å². The van der Waals surface area contributed by atoms with Crippen molar-refractivity contribution in [1.29, 1.82) is 0 Å². The third-order valence-electron chi connectivity index (χ3n) is 2.37. The summed E-state index contributed by atoms with van der Waals surface area (Å²) in [5.41, 5.74) is 2.57. The number of carbonyl (C=O) groups is 1. The van der Waals surface area contributed by atoms with Gasteiger partial charge in [0.05, 0.1) is 5.69 Å². The number of hydrogen-bond donors (Lipinski definition) is 1. The van der Waals surface area contributed by atoms with E-state index in [2.05, 4.69) is 4.98 Å². The van der Waals surface area contributed by atoms with Crippen molar-refractivity contribution >= 4 is 17.1 Å². The van der Waals surface area contributed by atoms with E-state index in [0.717, 1.165) is 11.1 Å². The Hall–Kier alpha value is -1.35. The van der Waals surface area contributed by atoms with Gasteiger partial charge in [0, 0.05) is 22.0 Å². The van der Waals surface area contributed by atoms with Crippen LogP contribution in [-0.2, 0) is 0 Å². The molecular formula is C11H11NOS. The lowest BCUT2D eigenvalue weighted by Gasteiger charge is -1.97.